The van der Waals surface area contributed by atoms with Gasteiger partial charge in [-0.15, -0.1) is 0 Å². The van der Waals surface area contributed by atoms with E-state index in [4.69, 9.17) is 9.47 Å². The molecule has 0 saturated carbocycles. The molecule has 0 bridgehead atoms. The summed E-state index contributed by atoms with van der Waals surface area (Å²) in [5.74, 6) is 1.32. The van der Waals surface area contributed by atoms with Gasteiger partial charge in [-0.1, -0.05) is 6.92 Å². The molecule has 1 aromatic carbocycles. The molecular formula is C17H20N4O4. The molecule has 0 radical (unpaired) electrons. The summed E-state index contributed by atoms with van der Waals surface area (Å²) in [5.41, 5.74) is 3.19. The molecule has 8 nitrogen and oxygen atoms in total. The zero-order chi connectivity index (χ0) is 18.2. The molecule has 132 valence electrons. The van der Waals surface area contributed by atoms with Gasteiger partial charge in [0.25, 0.3) is 0 Å². The van der Waals surface area contributed by atoms with Crippen LogP contribution in [0, 0.1) is 10.1 Å². The summed E-state index contributed by atoms with van der Waals surface area (Å²) < 4.78 is 11.1. The SMILES string of the molecule is CC[C@H](C)Oc1ccc(/C=N\Nc2ncccc2[N+](=O)[O-])cc1OC. The quantitative estimate of drug-likeness (QED) is 0.446. The Labute approximate surface area is 145 Å². The highest BCUT2D eigenvalue weighted by atomic mass is 16.6. The number of ether oxygens (including phenoxy) is 2. The van der Waals surface area contributed by atoms with Gasteiger partial charge in [-0.3, -0.25) is 15.5 Å². The van der Waals surface area contributed by atoms with E-state index in [0.29, 0.717) is 11.5 Å². The van der Waals surface area contributed by atoms with E-state index in [9.17, 15) is 10.1 Å². The Bertz CT molecular complexity index is 764. The van der Waals surface area contributed by atoms with Crippen LogP contribution in [-0.2, 0) is 0 Å². The summed E-state index contributed by atoms with van der Waals surface area (Å²) in [6.45, 7) is 4.03. The monoisotopic (exact) mass is 344 g/mol. The minimum absolute atomic E-state index is 0.0763. The molecule has 0 aliphatic carbocycles. The Balaban J connectivity index is 2.12. The zero-order valence-electron chi connectivity index (χ0n) is 14.3. The third-order valence-electron chi connectivity index (χ3n) is 3.46. The zero-order valence-corrected chi connectivity index (χ0v) is 14.3. The van der Waals surface area contributed by atoms with Crippen LogP contribution in [0.1, 0.15) is 25.8 Å². The number of aromatic nitrogens is 1. The molecule has 0 fully saturated rings. The molecular weight excluding hydrogens is 324 g/mol. The summed E-state index contributed by atoms with van der Waals surface area (Å²) in [5, 5.41) is 14.9. The van der Waals surface area contributed by atoms with Gasteiger partial charge in [-0.05, 0) is 43.2 Å². The molecule has 0 saturated heterocycles. The molecule has 0 aliphatic heterocycles. The summed E-state index contributed by atoms with van der Waals surface area (Å²) in [7, 11) is 1.56. The van der Waals surface area contributed by atoms with Gasteiger partial charge in [0.2, 0.25) is 5.82 Å². The van der Waals surface area contributed by atoms with E-state index < -0.39 is 4.92 Å². The van der Waals surface area contributed by atoms with Crippen molar-refractivity contribution in [2.24, 2.45) is 5.10 Å². The standard InChI is InChI=1S/C17H20N4O4/c1-4-12(2)25-15-8-7-13(10-16(15)24-3)11-19-20-17-14(21(22)23)6-5-9-18-17/h5-12H,4H2,1-3H3,(H,18,20)/b19-11-/t12-/m0/s1. The van der Waals surface area contributed by atoms with Crippen LogP contribution in [0.5, 0.6) is 11.5 Å². The number of nitrogens with zero attached hydrogens (tertiary/aromatic N) is 3. The second kappa shape index (κ2) is 8.62. The van der Waals surface area contributed by atoms with Crippen molar-refractivity contribution in [2.75, 3.05) is 12.5 Å². The highest BCUT2D eigenvalue weighted by Gasteiger charge is 2.13. The number of hydrazone groups is 1. The molecule has 1 atom stereocenters. The van der Waals surface area contributed by atoms with Crippen LogP contribution in [0.2, 0.25) is 0 Å². The van der Waals surface area contributed by atoms with Crippen molar-refractivity contribution < 1.29 is 14.4 Å². The predicted octanol–water partition coefficient (Wildman–Crippen LogP) is 3.62. The minimum atomic E-state index is -0.519. The fourth-order valence-electron chi connectivity index (χ4n) is 1.96. The van der Waals surface area contributed by atoms with E-state index in [2.05, 4.69) is 15.5 Å². The van der Waals surface area contributed by atoms with E-state index in [0.717, 1.165) is 12.0 Å². The maximum atomic E-state index is 10.9. The maximum absolute atomic E-state index is 10.9. The van der Waals surface area contributed by atoms with E-state index in [1.165, 1.54) is 24.5 Å². The van der Waals surface area contributed by atoms with E-state index in [1.807, 2.05) is 19.9 Å². The molecule has 8 heteroatoms. The number of pyridine rings is 1. The number of anilines is 1. The molecule has 2 aromatic rings. The van der Waals surface area contributed by atoms with Gasteiger partial charge in [-0.25, -0.2) is 4.98 Å². The van der Waals surface area contributed by atoms with Gasteiger partial charge in [0.15, 0.2) is 11.5 Å². The maximum Gasteiger partial charge on any atom is 0.313 e. The van der Waals surface area contributed by atoms with E-state index in [-0.39, 0.29) is 17.6 Å². The van der Waals surface area contributed by atoms with Gasteiger partial charge in [0.1, 0.15) is 0 Å². The Kier molecular flexibility index (Phi) is 6.27. The van der Waals surface area contributed by atoms with Gasteiger partial charge in [0.05, 0.1) is 24.4 Å². The van der Waals surface area contributed by atoms with Crippen LogP contribution in [0.3, 0.4) is 0 Å². The van der Waals surface area contributed by atoms with Crippen molar-refractivity contribution in [3.63, 3.8) is 0 Å². The lowest BCUT2D eigenvalue weighted by molar-refractivity contribution is -0.384. The third kappa shape index (κ3) is 4.90. The summed E-state index contributed by atoms with van der Waals surface area (Å²) >= 11 is 0. The first-order valence-electron chi connectivity index (χ1n) is 7.78. The number of hydrogen-bond acceptors (Lipinski definition) is 7. The lowest BCUT2D eigenvalue weighted by Gasteiger charge is -2.15. The Morgan fingerprint density at radius 3 is 2.88 bits per heavy atom. The Morgan fingerprint density at radius 1 is 1.40 bits per heavy atom. The normalized spacial score (nSPS) is 12.0. The largest absolute Gasteiger partial charge is 0.493 e. The summed E-state index contributed by atoms with van der Waals surface area (Å²) in [4.78, 5) is 14.3. The van der Waals surface area contributed by atoms with Crippen molar-refractivity contribution in [2.45, 2.75) is 26.4 Å². The Morgan fingerprint density at radius 2 is 2.20 bits per heavy atom. The average molecular weight is 344 g/mol. The van der Waals surface area contributed by atoms with Crippen molar-refractivity contribution in [1.82, 2.24) is 4.98 Å². The topological polar surface area (TPSA) is 98.9 Å². The van der Waals surface area contributed by atoms with Crippen LogP contribution in [0.25, 0.3) is 0 Å². The van der Waals surface area contributed by atoms with Gasteiger partial charge in [-0.2, -0.15) is 5.10 Å². The van der Waals surface area contributed by atoms with Crippen molar-refractivity contribution >= 4 is 17.7 Å². The molecule has 2 rings (SSSR count). The van der Waals surface area contributed by atoms with Crippen LogP contribution >= 0.6 is 0 Å². The fourth-order valence-corrected chi connectivity index (χ4v) is 1.96. The smallest absolute Gasteiger partial charge is 0.313 e. The summed E-state index contributed by atoms with van der Waals surface area (Å²) in [6.07, 6.45) is 3.95. The molecule has 0 unspecified atom stereocenters. The van der Waals surface area contributed by atoms with Gasteiger partial charge in [0, 0.05) is 12.3 Å². The van der Waals surface area contributed by atoms with Crippen LogP contribution in [0.4, 0.5) is 11.5 Å². The molecule has 1 N–H and O–H groups in total. The van der Waals surface area contributed by atoms with E-state index in [1.54, 1.807) is 19.2 Å². The molecule has 0 amide bonds. The van der Waals surface area contributed by atoms with Crippen molar-refractivity contribution in [3.8, 4) is 11.5 Å². The van der Waals surface area contributed by atoms with Crippen molar-refractivity contribution in [3.05, 3.63) is 52.2 Å². The lowest BCUT2D eigenvalue weighted by Crippen LogP contribution is -2.10. The van der Waals surface area contributed by atoms with Crippen LogP contribution < -0.4 is 14.9 Å². The first kappa shape index (κ1) is 18.2. The second-order valence-electron chi connectivity index (χ2n) is 5.25. The number of nitro groups is 1. The third-order valence-corrected chi connectivity index (χ3v) is 3.46. The molecule has 1 aromatic heterocycles. The lowest BCUT2D eigenvalue weighted by atomic mass is 10.2. The second-order valence-corrected chi connectivity index (χ2v) is 5.25. The molecule has 0 aliphatic rings. The number of benzene rings is 1. The molecule has 1 heterocycles. The first-order chi connectivity index (χ1) is 12.0. The highest BCUT2D eigenvalue weighted by molar-refractivity contribution is 5.81. The van der Waals surface area contributed by atoms with Gasteiger partial charge < -0.3 is 9.47 Å². The number of hydrogen-bond donors (Lipinski definition) is 1. The van der Waals surface area contributed by atoms with Crippen LogP contribution in [0.15, 0.2) is 41.6 Å². The predicted molar refractivity (Wildman–Crippen MR) is 95.5 cm³/mol. The molecule has 0 spiro atoms. The summed E-state index contributed by atoms with van der Waals surface area (Å²) in [6, 6.07) is 8.24. The Hall–Kier alpha value is -3.16. The van der Waals surface area contributed by atoms with Gasteiger partial charge >= 0.3 is 5.69 Å². The number of rotatable bonds is 8. The number of methoxy groups -OCH3 is 1. The fraction of sp³-hybridized carbons (Fsp3) is 0.294. The van der Waals surface area contributed by atoms with Crippen molar-refractivity contribution in [1.29, 1.82) is 0 Å². The minimum Gasteiger partial charge on any atom is -0.493 e. The molecule has 25 heavy (non-hydrogen) atoms. The van der Waals surface area contributed by atoms with E-state index >= 15 is 0 Å². The highest BCUT2D eigenvalue weighted by Crippen LogP contribution is 2.29. The van der Waals surface area contributed by atoms with Crippen LogP contribution in [-0.4, -0.2) is 29.3 Å². The first-order valence-corrected chi connectivity index (χ1v) is 7.78. The number of nitrogens with one attached hydrogen (secondary N) is 1. The average Bonchev–Trinajstić information content (AvgIpc) is 2.62.